The van der Waals surface area contributed by atoms with E-state index < -0.39 is 0 Å². The SMILES string of the molecule is COc1cc(NC(=NC2CCCCC2)NC#N)ccc1-c1cnco1. The molecule has 1 aliphatic rings. The maximum atomic E-state index is 8.99. The minimum Gasteiger partial charge on any atom is -0.496 e. The van der Waals surface area contributed by atoms with Crippen LogP contribution in [0.3, 0.4) is 0 Å². The van der Waals surface area contributed by atoms with Crippen LogP contribution in [0.5, 0.6) is 5.75 Å². The first kappa shape index (κ1) is 16.8. The van der Waals surface area contributed by atoms with Crippen LogP contribution in [0.15, 0.2) is 40.2 Å². The molecule has 0 unspecified atom stereocenters. The molecule has 1 saturated carbocycles. The molecule has 25 heavy (non-hydrogen) atoms. The molecule has 2 N–H and O–H groups in total. The highest BCUT2D eigenvalue weighted by atomic mass is 16.5. The van der Waals surface area contributed by atoms with Crippen molar-refractivity contribution in [1.29, 1.82) is 5.26 Å². The third-order valence-corrected chi connectivity index (χ3v) is 4.22. The maximum Gasteiger partial charge on any atom is 0.209 e. The van der Waals surface area contributed by atoms with Gasteiger partial charge in [0.15, 0.2) is 18.3 Å². The minimum absolute atomic E-state index is 0.257. The van der Waals surface area contributed by atoms with Gasteiger partial charge >= 0.3 is 0 Å². The zero-order chi connectivity index (χ0) is 17.5. The lowest BCUT2D eigenvalue weighted by molar-refractivity contribution is 0.415. The van der Waals surface area contributed by atoms with Gasteiger partial charge in [-0.2, -0.15) is 5.26 Å². The second-order valence-corrected chi connectivity index (χ2v) is 5.91. The number of methoxy groups -OCH3 is 1. The molecular formula is C18H21N5O2. The molecule has 7 nitrogen and oxygen atoms in total. The number of ether oxygens (including phenoxy) is 1. The number of benzene rings is 1. The van der Waals surface area contributed by atoms with Gasteiger partial charge in [-0.3, -0.25) is 5.32 Å². The van der Waals surface area contributed by atoms with Crippen molar-refractivity contribution in [3.63, 3.8) is 0 Å². The number of aromatic nitrogens is 1. The molecule has 1 aromatic heterocycles. The summed E-state index contributed by atoms with van der Waals surface area (Å²) >= 11 is 0. The summed E-state index contributed by atoms with van der Waals surface area (Å²) in [7, 11) is 1.60. The number of nitriles is 1. The molecule has 1 aliphatic carbocycles. The van der Waals surface area contributed by atoms with Gasteiger partial charge in [0.05, 0.1) is 24.9 Å². The largest absolute Gasteiger partial charge is 0.496 e. The van der Waals surface area contributed by atoms with Crippen molar-refractivity contribution < 1.29 is 9.15 Å². The van der Waals surface area contributed by atoms with Crippen LogP contribution >= 0.6 is 0 Å². The molecule has 3 rings (SSSR count). The Morgan fingerprint density at radius 3 is 2.88 bits per heavy atom. The average molecular weight is 339 g/mol. The minimum atomic E-state index is 0.257. The van der Waals surface area contributed by atoms with E-state index in [-0.39, 0.29) is 6.04 Å². The number of hydrogen-bond donors (Lipinski definition) is 2. The second kappa shape index (κ2) is 8.20. The molecule has 0 spiro atoms. The van der Waals surface area contributed by atoms with Gasteiger partial charge in [-0.1, -0.05) is 19.3 Å². The Hall–Kier alpha value is -3.01. The molecule has 0 atom stereocenters. The van der Waals surface area contributed by atoms with Gasteiger partial charge in [0.1, 0.15) is 5.75 Å². The highest BCUT2D eigenvalue weighted by molar-refractivity contribution is 5.95. The van der Waals surface area contributed by atoms with E-state index in [1.807, 2.05) is 24.4 Å². The second-order valence-electron chi connectivity index (χ2n) is 5.91. The zero-order valence-electron chi connectivity index (χ0n) is 14.2. The summed E-state index contributed by atoms with van der Waals surface area (Å²) in [6.07, 6.45) is 10.7. The molecule has 130 valence electrons. The fourth-order valence-corrected chi connectivity index (χ4v) is 3.00. The van der Waals surface area contributed by atoms with E-state index in [2.05, 4.69) is 20.6 Å². The van der Waals surface area contributed by atoms with Gasteiger partial charge in [-0.05, 0) is 25.0 Å². The molecule has 0 saturated heterocycles. The van der Waals surface area contributed by atoms with Crippen molar-refractivity contribution in [1.82, 2.24) is 10.3 Å². The van der Waals surface area contributed by atoms with Crippen LogP contribution in [0.2, 0.25) is 0 Å². The Kier molecular flexibility index (Phi) is 5.52. The lowest BCUT2D eigenvalue weighted by Gasteiger charge is -2.19. The van der Waals surface area contributed by atoms with E-state index in [0.29, 0.717) is 17.5 Å². The molecule has 0 amide bonds. The number of rotatable bonds is 4. The van der Waals surface area contributed by atoms with E-state index in [1.165, 1.54) is 25.7 Å². The number of guanidine groups is 1. The number of nitrogens with zero attached hydrogens (tertiary/aromatic N) is 3. The summed E-state index contributed by atoms with van der Waals surface area (Å²) in [4.78, 5) is 8.58. The Morgan fingerprint density at radius 2 is 2.20 bits per heavy atom. The van der Waals surface area contributed by atoms with Gasteiger partial charge in [0, 0.05) is 11.8 Å². The van der Waals surface area contributed by atoms with Crippen LogP contribution in [0.1, 0.15) is 32.1 Å². The molecule has 1 heterocycles. The monoisotopic (exact) mass is 339 g/mol. The third-order valence-electron chi connectivity index (χ3n) is 4.22. The Bertz CT molecular complexity index is 758. The van der Waals surface area contributed by atoms with Crippen LogP contribution in [-0.4, -0.2) is 24.1 Å². The van der Waals surface area contributed by atoms with Crippen LogP contribution < -0.4 is 15.4 Å². The summed E-state index contributed by atoms with van der Waals surface area (Å²) in [5.41, 5.74) is 1.59. The summed E-state index contributed by atoms with van der Waals surface area (Å²) in [6, 6.07) is 5.86. The summed E-state index contributed by atoms with van der Waals surface area (Å²) < 4.78 is 10.8. The molecule has 0 radical (unpaired) electrons. The average Bonchev–Trinajstić information content (AvgIpc) is 3.17. The molecule has 0 bridgehead atoms. The van der Waals surface area contributed by atoms with Gasteiger partial charge in [0.25, 0.3) is 0 Å². The standard InChI is InChI=1S/C18H21N5O2/c1-24-16-9-14(7-8-15(16)17-10-20-12-25-17)23-18(21-11-19)22-13-5-3-2-4-6-13/h7-10,12-13H,2-6H2,1H3,(H2,21,22,23). The highest BCUT2D eigenvalue weighted by Gasteiger charge is 2.14. The number of aliphatic imine (C=N–C) groups is 1. The van der Waals surface area contributed by atoms with E-state index in [4.69, 9.17) is 14.4 Å². The van der Waals surface area contributed by atoms with Crippen molar-refractivity contribution in [3.8, 4) is 23.3 Å². The fourth-order valence-electron chi connectivity index (χ4n) is 3.00. The number of nitrogens with one attached hydrogen (secondary N) is 2. The third kappa shape index (κ3) is 4.29. The molecular weight excluding hydrogens is 318 g/mol. The predicted octanol–water partition coefficient (Wildman–Crippen LogP) is 3.52. The van der Waals surface area contributed by atoms with Crippen LogP contribution in [0.25, 0.3) is 11.3 Å². The summed E-state index contributed by atoms with van der Waals surface area (Å²) in [6.45, 7) is 0. The first-order valence-corrected chi connectivity index (χ1v) is 8.37. The summed E-state index contributed by atoms with van der Waals surface area (Å²) in [5, 5.41) is 14.8. The van der Waals surface area contributed by atoms with Gasteiger partial charge in [0.2, 0.25) is 5.96 Å². The molecule has 1 fully saturated rings. The predicted molar refractivity (Wildman–Crippen MR) is 95.2 cm³/mol. The Balaban J connectivity index is 1.80. The van der Waals surface area contributed by atoms with Crippen molar-refractivity contribution in [2.45, 2.75) is 38.1 Å². The lowest BCUT2D eigenvalue weighted by atomic mass is 9.96. The quantitative estimate of drug-likeness (QED) is 0.383. The molecule has 0 aliphatic heterocycles. The van der Waals surface area contributed by atoms with E-state index in [1.54, 1.807) is 13.3 Å². The molecule has 7 heteroatoms. The number of anilines is 1. The van der Waals surface area contributed by atoms with Crippen molar-refractivity contribution in [3.05, 3.63) is 30.8 Å². The highest BCUT2D eigenvalue weighted by Crippen LogP contribution is 2.32. The lowest BCUT2D eigenvalue weighted by Crippen LogP contribution is -2.29. The Labute approximate surface area is 146 Å². The topological polar surface area (TPSA) is 95.5 Å². The summed E-state index contributed by atoms with van der Waals surface area (Å²) in [5.74, 6) is 1.74. The first-order chi connectivity index (χ1) is 12.3. The van der Waals surface area contributed by atoms with Crippen LogP contribution in [0, 0.1) is 11.5 Å². The van der Waals surface area contributed by atoms with Gasteiger partial charge < -0.3 is 14.5 Å². The first-order valence-electron chi connectivity index (χ1n) is 8.37. The normalized spacial score (nSPS) is 15.4. The molecule has 2 aromatic rings. The van der Waals surface area contributed by atoms with E-state index >= 15 is 0 Å². The van der Waals surface area contributed by atoms with Gasteiger partial charge in [-0.25, -0.2) is 9.98 Å². The van der Waals surface area contributed by atoms with Crippen molar-refractivity contribution >= 4 is 11.6 Å². The Morgan fingerprint density at radius 1 is 1.36 bits per heavy atom. The zero-order valence-corrected chi connectivity index (χ0v) is 14.2. The maximum absolute atomic E-state index is 8.99. The van der Waals surface area contributed by atoms with Crippen molar-refractivity contribution in [2.24, 2.45) is 4.99 Å². The van der Waals surface area contributed by atoms with Crippen LogP contribution in [0.4, 0.5) is 5.69 Å². The number of oxazole rings is 1. The smallest absolute Gasteiger partial charge is 0.209 e. The van der Waals surface area contributed by atoms with Crippen LogP contribution in [-0.2, 0) is 0 Å². The van der Waals surface area contributed by atoms with E-state index in [9.17, 15) is 0 Å². The van der Waals surface area contributed by atoms with Gasteiger partial charge in [-0.15, -0.1) is 0 Å². The molecule has 1 aromatic carbocycles. The van der Waals surface area contributed by atoms with Crippen molar-refractivity contribution in [2.75, 3.05) is 12.4 Å². The number of hydrogen-bond acceptors (Lipinski definition) is 5. The van der Waals surface area contributed by atoms with E-state index in [0.717, 1.165) is 24.1 Å². The fraction of sp³-hybridized carbons (Fsp3) is 0.389.